The van der Waals surface area contributed by atoms with E-state index in [2.05, 4.69) is 12.2 Å². The molecule has 0 bridgehead atoms. The fourth-order valence-electron chi connectivity index (χ4n) is 2.91. The molecule has 22 heavy (non-hydrogen) atoms. The molecule has 2 rings (SSSR count). The number of halogens is 1. The third-order valence-corrected chi connectivity index (χ3v) is 4.17. The zero-order chi connectivity index (χ0) is 16.1. The number of rotatable bonds is 7. The first-order valence-corrected chi connectivity index (χ1v) is 7.97. The lowest BCUT2D eigenvalue weighted by atomic mass is 10.1. The van der Waals surface area contributed by atoms with Crippen LogP contribution >= 0.6 is 0 Å². The van der Waals surface area contributed by atoms with Crippen molar-refractivity contribution in [2.24, 2.45) is 0 Å². The topological polar surface area (TPSA) is 35.6 Å². The number of amides is 1. The van der Waals surface area contributed by atoms with Gasteiger partial charge in [0.15, 0.2) is 0 Å². The van der Waals surface area contributed by atoms with E-state index in [1.54, 1.807) is 6.07 Å². The summed E-state index contributed by atoms with van der Waals surface area (Å²) in [5, 5.41) is 3.47. The first kappa shape index (κ1) is 16.7. The summed E-state index contributed by atoms with van der Waals surface area (Å²) >= 11 is 0. The second-order valence-electron chi connectivity index (χ2n) is 6.11. The third kappa shape index (κ3) is 4.19. The first-order chi connectivity index (χ1) is 10.5. The maximum Gasteiger partial charge on any atom is 0.222 e. The van der Waals surface area contributed by atoms with E-state index < -0.39 is 0 Å². The predicted octanol–water partition coefficient (Wildman–Crippen LogP) is 2.55. The highest BCUT2D eigenvalue weighted by Gasteiger charge is 2.19. The lowest BCUT2D eigenvalue weighted by Crippen LogP contribution is -2.29. The summed E-state index contributed by atoms with van der Waals surface area (Å²) in [5.41, 5.74) is 1.98. The molecular formula is C17H26FN3O. The van der Waals surface area contributed by atoms with Crippen LogP contribution in [0.2, 0.25) is 0 Å². The zero-order valence-corrected chi connectivity index (χ0v) is 13.7. The summed E-state index contributed by atoms with van der Waals surface area (Å²) in [4.78, 5) is 15.4. The van der Waals surface area contributed by atoms with Crippen LogP contribution in [0.5, 0.6) is 0 Å². The van der Waals surface area contributed by atoms with Crippen LogP contribution in [0.15, 0.2) is 18.2 Å². The highest BCUT2D eigenvalue weighted by molar-refractivity contribution is 5.77. The molecular weight excluding hydrogens is 281 g/mol. The molecule has 1 saturated heterocycles. The van der Waals surface area contributed by atoms with Crippen LogP contribution < -0.4 is 10.2 Å². The molecule has 4 nitrogen and oxygen atoms in total. The van der Waals surface area contributed by atoms with Crippen molar-refractivity contribution in [2.45, 2.75) is 32.2 Å². The van der Waals surface area contributed by atoms with Crippen LogP contribution in [0.4, 0.5) is 10.1 Å². The Morgan fingerprint density at radius 2 is 2.18 bits per heavy atom. The van der Waals surface area contributed by atoms with Crippen LogP contribution in [0.1, 0.15) is 37.8 Å². The molecule has 5 heteroatoms. The van der Waals surface area contributed by atoms with E-state index >= 15 is 0 Å². The van der Waals surface area contributed by atoms with Crippen molar-refractivity contribution in [3.05, 3.63) is 29.6 Å². The van der Waals surface area contributed by atoms with Gasteiger partial charge < -0.3 is 15.1 Å². The van der Waals surface area contributed by atoms with Gasteiger partial charge in [-0.3, -0.25) is 4.79 Å². The first-order valence-electron chi connectivity index (χ1n) is 7.97. The van der Waals surface area contributed by atoms with Crippen LogP contribution in [0.25, 0.3) is 0 Å². The van der Waals surface area contributed by atoms with Crippen molar-refractivity contribution < 1.29 is 9.18 Å². The summed E-state index contributed by atoms with van der Waals surface area (Å²) < 4.78 is 13.4. The van der Waals surface area contributed by atoms with E-state index in [-0.39, 0.29) is 17.8 Å². The minimum absolute atomic E-state index is 0.146. The van der Waals surface area contributed by atoms with E-state index in [1.165, 1.54) is 6.07 Å². The van der Waals surface area contributed by atoms with Crippen LogP contribution in [-0.2, 0) is 4.79 Å². The molecule has 0 spiro atoms. The van der Waals surface area contributed by atoms with Gasteiger partial charge in [-0.1, -0.05) is 6.07 Å². The van der Waals surface area contributed by atoms with Crippen LogP contribution in [0, 0.1) is 5.82 Å². The molecule has 1 aliphatic heterocycles. The van der Waals surface area contributed by atoms with Crippen molar-refractivity contribution in [1.29, 1.82) is 0 Å². The van der Waals surface area contributed by atoms with E-state index in [9.17, 15) is 9.18 Å². The Hall–Kier alpha value is -1.62. The minimum atomic E-state index is -0.216. The number of carbonyl (C=O) groups is 1. The maximum atomic E-state index is 13.4. The molecule has 1 heterocycles. The number of anilines is 1. The maximum absolute atomic E-state index is 13.4. The molecule has 1 aliphatic rings. The fourth-order valence-corrected chi connectivity index (χ4v) is 2.91. The Morgan fingerprint density at radius 1 is 1.41 bits per heavy atom. The molecule has 0 saturated carbocycles. The Balaban J connectivity index is 1.84. The quantitative estimate of drug-likeness (QED) is 0.786. The number of hydrogen-bond donors (Lipinski definition) is 1. The summed E-state index contributed by atoms with van der Waals surface area (Å²) in [6, 6.07) is 5.05. The molecule has 0 radical (unpaired) electrons. The zero-order valence-electron chi connectivity index (χ0n) is 13.7. The van der Waals surface area contributed by atoms with E-state index in [0.717, 1.165) is 43.7 Å². The third-order valence-electron chi connectivity index (χ3n) is 4.17. The molecule has 1 fully saturated rings. The molecule has 1 N–H and O–H groups in total. The Kier molecular flexibility index (Phi) is 5.77. The lowest BCUT2D eigenvalue weighted by Gasteiger charge is -2.23. The standard InChI is InChI=1S/C17H26FN3O/c1-13(15-8-7-14(18)12-16(15)20(2)3)19-9-5-11-21-10-4-6-17(21)22/h7-8,12-13,19H,4-6,9-11H2,1-3H3. The summed E-state index contributed by atoms with van der Waals surface area (Å²) in [7, 11) is 3.84. The van der Waals surface area contributed by atoms with Gasteiger partial charge in [0, 0.05) is 45.3 Å². The summed E-state index contributed by atoms with van der Waals surface area (Å²) in [6.45, 7) is 4.65. The van der Waals surface area contributed by atoms with Crippen molar-refractivity contribution in [3.63, 3.8) is 0 Å². The SMILES string of the molecule is CC(NCCCN1CCCC1=O)c1ccc(F)cc1N(C)C. The number of nitrogens with zero attached hydrogens (tertiary/aromatic N) is 2. The van der Waals surface area contributed by atoms with Gasteiger partial charge in [0.05, 0.1) is 0 Å². The van der Waals surface area contributed by atoms with Gasteiger partial charge in [0.1, 0.15) is 5.82 Å². The van der Waals surface area contributed by atoms with Crippen LogP contribution in [0.3, 0.4) is 0 Å². The second kappa shape index (κ2) is 7.58. The van der Waals surface area contributed by atoms with E-state index in [1.807, 2.05) is 30.0 Å². The predicted molar refractivity (Wildman–Crippen MR) is 87.6 cm³/mol. The molecule has 1 aromatic rings. The highest BCUT2D eigenvalue weighted by Crippen LogP contribution is 2.26. The Labute approximate surface area is 132 Å². The molecule has 0 aromatic heterocycles. The number of hydrogen-bond acceptors (Lipinski definition) is 3. The Bertz CT molecular complexity index is 519. The normalized spacial score (nSPS) is 16.2. The van der Waals surface area contributed by atoms with Crippen LogP contribution in [-0.4, -0.2) is 44.5 Å². The van der Waals surface area contributed by atoms with Crippen molar-refractivity contribution in [2.75, 3.05) is 38.6 Å². The average molecular weight is 307 g/mol. The molecule has 1 atom stereocenters. The molecule has 1 amide bonds. The van der Waals surface area contributed by atoms with Gasteiger partial charge in [-0.25, -0.2) is 4.39 Å². The van der Waals surface area contributed by atoms with Gasteiger partial charge in [0.2, 0.25) is 5.91 Å². The molecule has 122 valence electrons. The van der Waals surface area contributed by atoms with E-state index in [0.29, 0.717) is 6.42 Å². The molecule has 1 aromatic carbocycles. The van der Waals surface area contributed by atoms with Crippen molar-refractivity contribution in [1.82, 2.24) is 10.2 Å². The molecule has 0 aliphatic carbocycles. The van der Waals surface area contributed by atoms with Gasteiger partial charge in [-0.05, 0) is 44.0 Å². The highest BCUT2D eigenvalue weighted by atomic mass is 19.1. The van der Waals surface area contributed by atoms with Gasteiger partial charge >= 0.3 is 0 Å². The summed E-state index contributed by atoms with van der Waals surface area (Å²) in [5.74, 6) is 0.0636. The van der Waals surface area contributed by atoms with Gasteiger partial charge in [0.25, 0.3) is 0 Å². The van der Waals surface area contributed by atoms with Crippen molar-refractivity contribution >= 4 is 11.6 Å². The van der Waals surface area contributed by atoms with Gasteiger partial charge in [-0.2, -0.15) is 0 Å². The summed E-state index contributed by atoms with van der Waals surface area (Å²) in [6.07, 6.45) is 2.63. The lowest BCUT2D eigenvalue weighted by molar-refractivity contribution is -0.127. The van der Waals surface area contributed by atoms with Crippen molar-refractivity contribution in [3.8, 4) is 0 Å². The molecule has 1 unspecified atom stereocenters. The monoisotopic (exact) mass is 307 g/mol. The number of likely N-dealkylation sites (tertiary alicyclic amines) is 1. The number of carbonyl (C=O) groups excluding carboxylic acids is 1. The average Bonchev–Trinajstić information content (AvgIpc) is 2.88. The smallest absolute Gasteiger partial charge is 0.222 e. The second-order valence-corrected chi connectivity index (χ2v) is 6.11. The largest absolute Gasteiger partial charge is 0.377 e. The van der Waals surface area contributed by atoms with Gasteiger partial charge in [-0.15, -0.1) is 0 Å². The minimum Gasteiger partial charge on any atom is -0.377 e. The number of nitrogens with one attached hydrogen (secondary N) is 1. The number of benzene rings is 1. The fraction of sp³-hybridized carbons (Fsp3) is 0.588. The van der Waals surface area contributed by atoms with E-state index in [4.69, 9.17) is 0 Å². The Morgan fingerprint density at radius 3 is 2.82 bits per heavy atom.